The second-order valence-electron chi connectivity index (χ2n) is 20.5. The molecule has 3 aliphatic rings. The molecule has 3 aliphatic carbocycles. The molecule has 0 heterocycles. The highest BCUT2D eigenvalue weighted by atomic mass is 15.2. The van der Waals surface area contributed by atoms with E-state index in [1.807, 2.05) is 13.8 Å². The maximum atomic E-state index is 5.22. The first-order valence-corrected chi connectivity index (χ1v) is 25.4. The molecule has 3 fully saturated rings. The topological polar surface area (TPSA) is 39.3 Å². The lowest BCUT2D eigenvalue weighted by Crippen LogP contribution is -2.47. The lowest BCUT2D eigenvalue weighted by molar-refractivity contribution is 0.186. The number of likely N-dealkylation sites (N-methyl/N-ethyl adjacent to an activating group) is 1. The van der Waals surface area contributed by atoms with Gasteiger partial charge in [-0.25, -0.2) is 0 Å². The normalized spacial score (nSPS) is 18.4. The summed E-state index contributed by atoms with van der Waals surface area (Å²) < 4.78 is 0. The van der Waals surface area contributed by atoms with E-state index in [2.05, 4.69) is 163 Å². The number of unbranched alkanes of at least 4 members (excludes halogenated alkanes) is 1. The Labute approximate surface area is 391 Å². The van der Waals surface area contributed by atoms with Gasteiger partial charge in [0, 0.05) is 50.2 Å². The van der Waals surface area contributed by atoms with Crippen LogP contribution in [0.3, 0.4) is 0 Å². The quantitative estimate of drug-likeness (QED) is 0.0439. The van der Waals surface area contributed by atoms with Crippen molar-refractivity contribution in [2.75, 3.05) is 33.2 Å². The zero-order valence-electron chi connectivity index (χ0n) is 44.9. The Hall–Kier alpha value is -2.64. The van der Waals surface area contributed by atoms with Gasteiger partial charge >= 0.3 is 0 Å². The summed E-state index contributed by atoms with van der Waals surface area (Å²) in [5, 5.41) is 10.3. The number of nitrogens with one attached hydrogen (secondary N) is 3. The van der Waals surface area contributed by atoms with Crippen molar-refractivity contribution >= 4 is 0 Å². The number of hydrogen-bond acceptors (Lipinski definition) is 4. The molecule has 0 radical (unpaired) electrons. The third-order valence-corrected chi connectivity index (χ3v) is 12.8. The van der Waals surface area contributed by atoms with Gasteiger partial charge in [0.15, 0.2) is 0 Å². The fourth-order valence-electron chi connectivity index (χ4n) is 7.24. The van der Waals surface area contributed by atoms with Gasteiger partial charge in [-0.05, 0) is 125 Å². The van der Waals surface area contributed by atoms with Gasteiger partial charge in [0.2, 0.25) is 0 Å². The Morgan fingerprint density at radius 3 is 1.77 bits per heavy atom. The SMILES string of the molecule is C#CCCC(C)C(=C)C(=C)NCCC.C=C(C)CNCC1CC1.C=C(C)C[C@H]1C[C@H]1CN(C)C(=C)C(NC(=C)C)C1(C)CCCCCC1.CC.CCC(C)C(C)(C)C.CCCC. The standard InChI is InChI=1S/C23H40N2.C13H21N.C8H15N.C8H18.C4H10.C2H6/c1-17(2)14-20-15-21(20)16-25(7)19(5)22(24-18(3)4)23(6)12-10-8-9-11-13-23;1-6-8-9-11(3)12(4)13(5)14-10-7-2;1-7(2)5-9-6-8-3-4-8;1-6-7(2)8(3,4)5;1-3-4-2;1-2/h20-22,24H,1,3,5,8-16H2,2,4,6-7H3;1,11,14H,4-5,7-10H2,2-3H3;8-9H,1,3-6H2,2H3;7H,6H2,1-5H3;3-4H2,1-2H3;1-2H3/t20-,21-,22?;;;;;/m0...../s1. The van der Waals surface area contributed by atoms with Crippen LogP contribution in [0.1, 0.15) is 207 Å². The van der Waals surface area contributed by atoms with Gasteiger partial charge in [0.05, 0.1) is 6.04 Å². The molecule has 3 unspecified atom stereocenters. The van der Waals surface area contributed by atoms with Gasteiger partial charge in [0.25, 0.3) is 0 Å². The molecule has 0 aromatic carbocycles. The molecule has 3 N–H and O–H groups in total. The zero-order valence-corrected chi connectivity index (χ0v) is 44.9. The molecule has 0 bridgehead atoms. The van der Waals surface area contributed by atoms with Crippen molar-refractivity contribution in [1.82, 2.24) is 20.9 Å². The molecule has 62 heavy (non-hydrogen) atoms. The van der Waals surface area contributed by atoms with Gasteiger partial charge in [-0.2, -0.15) is 0 Å². The molecule has 0 amide bonds. The maximum Gasteiger partial charge on any atom is 0.0705 e. The number of nitrogens with zero attached hydrogens (tertiary/aromatic N) is 1. The van der Waals surface area contributed by atoms with Crippen molar-refractivity contribution in [2.45, 2.75) is 213 Å². The van der Waals surface area contributed by atoms with Gasteiger partial charge in [-0.15, -0.1) is 18.9 Å². The van der Waals surface area contributed by atoms with E-state index in [1.54, 1.807) is 0 Å². The number of hydrogen-bond donors (Lipinski definition) is 3. The summed E-state index contributed by atoms with van der Waals surface area (Å²) in [6, 6.07) is 0.298. The van der Waals surface area contributed by atoms with Crippen LogP contribution in [0, 0.1) is 52.8 Å². The molecule has 3 saturated carbocycles. The molecule has 0 spiro atoms. The average Bonchev–Trinajstić information content (AvgIpc) is 4.17. The largest absolute Gasteiger partial charge is 0.385 e. The van der Waals surface area contributed by atoms with E-state index in [1.165, 1.54) is 107 Å². The van der Waals surface area contributed by atoms with Crippen LogP contribution >= 0.6 is 0 Å². The summed E-state index contributed by atoms with van der Waals surface area (Å²) in [5.74, 6) is 6.56. The molecule has 0 aromatic rings. The van der Waals surface area contributed by atoms with Gasteiger partial charge in [-0.3, -0.25) is 0 Å². The molecule has 362 valence electrons. The molecular formula is C58H110N4. The van der Waals surface area contributed by atoms with Crippen LogP contribution in [-0.4, -0.2) is 44.2 Å². The smallest absolute Gasteiger partial charge is 0.0705 e. The number of terminal acetylenes is 1. The average molecular weight is 864 g/mol. The minimum atomic E-state index is 0.279. The predicted molar refractivity (Wildman–Crippen MR) is 285 cm³/mol. The Kier molecular flexibility index (Phi) is 37.6. The van der Waals surface area contributed by atoms with Crippen molar-refractivity contribution in [1.29, 1.82) is 0 Å². The fourth-order valence-corrected chi connectivity index (χ4v) is 7.24. The first kappa shape index (κ1) is 63.6. The van der Waals surface area contributed by atoms with Crippen molar-refractivity contribution in [3.8, 4) is 12.3 Å². The number of rotatable bonds is 22. The van der Waals surface area contributed by atoms with Crippen LogP contribution in [0.15, 0.2) is 73.3 Å². The third kappa shape index (κ3) is 33.0. The van der Waals surface area contributed by atoms with Crippen LogP contribution in [-0.2, 0) is 0 Å². The van der Waals surface area contributed by atoms with Crippen molar-refractivity contribution in [3.05, 3.63) is 73.3 Å². The predicted octanol–water partition coefficient (Wildman–Crippen LogP) is 16.5. The van der Waals surface area contributed by atoms with E-state index in [0.717, 1.165) is 79.5 Å². The van der Waals surface area contributed by atoms with Crippen LogP contribution in [0.25, 0.3) is 0 Å². The van der Waals surface area contributed by atoms with Crippen LogP contribution < -0.4 is 16.0 Å². The van der Waals surface area contributed by atoms with E-state index in [9.17, 15) is 0 Å². The van der Waals surface area contributed by atoms with E-state index >= 15 is 0 Å². The summed E-state index contributed by atoms with van der Waals surface area (Å²) in [5.41, 5.74) is 7.67. The first-order valence-electron chi connectivity index (χ1n) is 25.4. The summed E-state index contributed by atoms with van der Waals surface area (Å²) in [4.78, 5) is 2.42. The first-order chi connectivity index (χ1) is 29.0. The Bertz CT molecular complexity index is 1260. The zero-order chi connectivity index (χ0) is 48.5. The Morgan fingerprint density at radius 2 is 1.39 bits per heavy atom. The van der Waals surface area contributed by atoms with Gasteiger partial charge < -0.3 is 20.9 Å². The number of allylic oxidation sites excluding steroid dienone is 3. The van der Waals surface area contributed by atoms with E-state index in [0.29, 0.717) is 17.4 Å². The van der Waals surface area contributed by atoms with Gasteiger partial charge in [-0.1, -0.05) is 172 Å². The second-order valence-corrected chi connectivity index (χ2v) is 20.5. The highest BCUT2D eigenvalue weighted by molar-refractivity contribution is 5.25. The molecule has 0 aliphatic heterocycles. The van der Waals surface area contributed by atoms with E-state index < -0.39 is 0 Å². The highest BCUT2D eigenvalue weighted by Gasteiger charge is 2.41. The molecule has 4 nitrogen and oxygen atoms in total. The van der Waals surface area contributed by atoms with Gasteiger partial charge in [0.1, 0.15) is 0 Å². The van der Waals surface area contributed by atoms with E-state index in [4.69, 9.17) is 6.42 Å². The molecule has 5 atom stereocenters. The fraction of sp³-hybridized carbons (Fsp3) is 0.759. The maximum absolute atomic E-state index is 5.22. The Morgan fingerprint density at radius 1 is 0.839 bits per heavy atom. The minimum absolute atomic E-state index is 0.279. The lowest BCUT2D eigenvalue weighted by atomic mass is 9.74. The van der Waals surface area contributed by atoms with Crippen molar-refractivity contribution in [3.63, 3.8) is 0 Å². The summed E-state index contributed by atoms with van der Waals surface area (Å²) >= 11 is 0. The summed E-state index contributed by atoms with van der Waals surface area (Å²) in [6.07, 6.45) is 25.5. The second kappa shape index (κ2) is 36.7. The molecular weight excluding hydrogens is 753 g/mol. The highest BCUT2D eigenvalue weighted by Crippen LogP contribution is 2.45. The summed E-state index contributed by atoms with van der Waals surface area (Å²) in [7, 11) is 2.23. The summed E-state index contributed by atoms with van der Waals surface area (Å²) in [6.45, 7) is 61.6. The van der Waals surface area contributed by atoms with Crippen LogP contribution in [0.2, 0.25) is 0 Å². The Balaban J connectivity index is -0.000000791. The molecule has 3 rings (SSSR count). The molecule has 4 heteroatoms. The van der Waals surface area contributed by atoms with Crippen LogP contribution in [0.4, 0.5) is 0 Å². The molecule has 0 aromatic heterocycles. The third-order valence-electron chi connectivity index (χ3n) is 12.8. The van der Waals surface area contributed by atoms with Crippen LogP contribution in [0.5, 0.6) is 0 Å². The van der Waals surface area contributed by atoms with Crippen molar-refractivity contribution in [2.24, 2.45) is 40.4 Å². The minimum Gasteiger partial charge on any atom is -0.385 e. The van der Waals surface area contributed by atoms with E-state index in [-0.39, 0.29) is 5.41 Å². The van der Waals surface area contributed by atoms with Crippen molar-refractivity contribution < 1.29 is 0 Å². The molecule has 0 saturated heterocycles. The monoisotopic (exact) mass is 863 g/mol. The lowest BCUT2D eigenvalue weighted by Gasteiger charge is -2.42.